The molecule has 1 amide bonds. The third-order valence-electron chi connectivity index (χ3n) is 4.89. The largest absolute Gasteiger partial charge is 0.454 e. The molecule has 1 aromatic carbocycles. The van der Waals surface area contributed by atoms with Crippen molar-refractivity contribution in [1.29, 1.82) is 0 Å². The number of nitrogens with one attached hydrogen (secondary N) is 1. The van der Waals surface area contributed by atoms with E-state index >= 15 is 0 Å². The molecular weight excluding hydrogens is 334 g/mol. The van der Waals surface area contributed by atoms with Crippen molar-refractivity contribution >= 4 is 18.0 Å². The highest BCUT2D eigenvalue weighted by molar-refractivity contribution is 5.70. The number of hydrogen-bond acceptors (Lipinski definition) is 7. The number of rotatable bonds is 5. The molecule has 2 aliphatic heterocycles. The minimum absolute atomic E-state index is 0.298. The molecule has 2 aliphatic rings. The molecule has 0 spiro atoms. The summed E-state index contributed by atoms with van der Waals surface area (Å²) in [6, 6.07) is 6.45. The molecular formula is C18H21N5O3. The summed E-state index contributed by atoms with van der Waals surface area (Å²) in [7, 11) is 0. The predicted octanol–water partition coefficient (Wildman–Crippen LogP) is 1.66. The van der Waals surface area contributed by atoms with Gasteiger partial charge in [-0.1, -0.05) is 6.07 Å². The van der Waals surface area contributed by atoms with Gasteiger partial charge in [-0.25, -0.2) is 9.97 Å². The number of nitrogens with zero attached hydrogens (tertiary/aromatic N) is 4. The lowest BCUT2D eigenvalue weighted by molar-refractivity contribution is -0.105. The summed E-state index contributed by atoms with van der Waals surface area (Å²) in [5.41, 5.74) is 1.82. The van der Waals surface area contributed by atoms with E-state index in [0.29, 0.717) is 30.9 Å². The van der Waals surface area contributed by atoms with E-state index in [1.165, 1.54) is 5.56 Å². The number of piperazine rings is 1. The van der Waals surface area contributed by atoms with Crippen LogP contribution in [0.15, 0.2) is 30.6 Å². The Hall–Kier alpha value is -2.87. The van der Waals surface area contributed by atoms with E-state index in [2.05, 4.69) is 44.1 Å². The summed E-state index contributed by atoms with van der Waals surface area (Å²) >= 11 is 0. The highest BCUT2D eigenvalue weighted by atomic mass is 16.7. The zero-order valence-corrected chi connectivity index (χ0v) is 14.6. The van der Waals surface area contributed by atoms with E-state index in [0.717, 1.165) is 37.7 Å². The molecule has 1 aromatic heterocycles. The standard InChI is InChI=1S/C18H21N5O3/c1-13(14-2-3-16-17(8-14)26-12-25-16)22-4-6-23(7-5-22)18-19-9-15(10-20-18)21-11-24/h2-3,8-11,13H,4-7,12H2,1H3,(H,21,24). The Balaban J connectivity index is 1.37. The molecule has 1 atom stereocenters. The Bertz CT molecular complexity index is 775. The van der Waals surface area contributed by atoms with Crippen LogP contribution in [0.2, 0.25) is 0 Å². The van der Waals surface area contributed by atoms with Gasteiger partial charge in [0.1, 0.15) is 0 Å². The second-order valence-corrected chi connectivity index (χ2v) is 6.35. The van der Waals surface area contributed by atoms with Crippen LogP contribution in [0.3, 0.4) is 0 Å². The van der Waals surface area contributed by atoms with Crippen molar-refractivity contribution in [2.45, 2.75) is 13.0 Å². The van der Waals surface area contributed by atoms with Crippen LogP contribution in [-0.4, -0.2) is 54.2 Å². The van der Waals surface area contributed by atoms with E-state index in [4.69, 9.17) is 9.47 Å². The molecule has 8 nitrogen and oxygen atoms in total. The van der Waals surface area contributed by atoms with Gasteiger partial charge < -0.3 is 19.7 Å². The molecule has 1 N–H and O–H groups in total. The summed E-state index contributed by atoms with van der Waals surface area (Å²) in [6.45, 7) is 6.07. The minimum atomic E-state index is 0.298. The van der Waals surface area contributed by atoms with Gasteiger partial charge in [0, 0.05) is 32.2 Å². The number of fused-ring (bicyclic) bond motifs is 1. The maximum Gasteiger partial charge on any atom is 0.231 e. The normalized spacial score (nSPS) is 17.8. The second kappa shape index (κ2) is 7.17. The maximum atomic E-state index is 10.4. The average molecular weight is 355 g/mol. The van der Waals surface area contributed by atoms with Crippen LogP contribution in [-0.2, 0) is 4.79 Å². The molecule has 0 radical (unpaired) electrons. The van der Waals surface area contributed by atoms with E-state index in [1.54, 1.807) is 12.4 Å². The third-order valence-corrected chi connectivity index (χ3v) is 4.89. The molecule has 1 unspecified atom stereocenters. The second-order valence-electron chi connectivity index (χ2n) is 6.35. The lowest BCUT2D eigenvalue weighted by atomic mass is 10.1. The van der Waals surface area contributed by atoms with Crippen molar-refractivity contribution in [2.24, 2.45) is 0 Å². The van der Waals surface area contributed by atoms with Gasteiger partial charge >= 0.3 is 0 Å². The minimum Gasteiger partial charge on any atom is -0.454 e. The topological polar surface area (TPSA) is 79.8 Å². The molecule has 2 aromatic rings. The summed E-state index contributed by atoms with van der Waals surface area (Å²) < 4.78 is 10.9. The molecule has 0 bridgehead atoms. The van der Waals surface area contributed by atoms with Gasteiger partial charge in [0.15, 0.2) is 11.5 Å². The van der Waals surface area contributed by atoms with Crippen molar-refractivity contribution < 1.29 is 14.3 Å². The van der Waals surface area contributed by atoms with Crippen LogP contribution in [0.5, 0.6) is 11.5 Å². The van der Waals surface area contributed by atoms with E-state index < -0.39 is 0 Å². The zero-order chi connectivity index (χ0) is 17.9. The molecule has 0 aliphatic carbocycles. The van der Waals surface area contributed by atoms with Crippen LogP contribution in [0.1, 0.15) is 18.5 Å². The van der Waals surface area contributed by atoms with Gasteiger partial charge in [0.05, 0.1) is 18.1 Å². The van der Waals surface area contributed by atoms with Gasteiger partial charge in [-0.15, -0.1) is 0 Å². The molecule has 3 heterocycles. The summed E-state index contributed by atoms with van der Waals surface area (Å²) in [5, 5.41) is 2.54. The lowest BCUT2D eigenvalue weighted by Gasteiger charge is -2.38. The monoisotopic (exact) mass is 355 g/mol. The number of ether oxygens (including phenoxy) is 2. The molecule has 0 saturated carbocycles. The molecule has 26 heavy (non-hydrogen) atoms. The fraction of sp³-hybridized carbons (Fsp3) is 0.389. The quantitative estimate of drug-likeness (QED) is 0.817. The predicted molar refractivity (Wildman–Crippen MR) is 96.5 cm³/mol. The first-order valence-corrected chi connectivity index (χ1v) is 8.65. The number of carbonyl (C=O) groups excluding carboxylic acids is 1. The van der Waals surface area contributed by atoms with Crippen molar-refractivity contribution in [3.05, 3.63) is 36.2 Å². The number of amides is 1. The SMILES string of the molecule is CC(c1ccc2c(c1)OCO2)N1CCN(c2ncc(NC=O)cn2)CC1. The number of benzene rings is 1. The Kier molecular flexibility index (Phi) is 4.57. The zero-order valence-electron chi connectivity index (χ0n) is 14.6. The van der Waals surface area contributed by atoms with Crippen LogP contribution in [0.4, 0.5) is 11.6 Å². The van der Waals surface area contributed by atoms with Gasteiger partial charge in [0.25, 0.3) is 0 Å². The van der Waals surface area contributed by atoms with Gasteiger partial charge in [0.2, 0.25) is 19.2 Å². The number of aromatic nitrogens is 2. The summed E-state index contributed by atoms with van der Waals surface area (Å²) in [4.78, 5) is 23.7. The van der Waals surface area contributed by atoms with Gasteiger partial charge in [-0.3, -0.25) is 9.69 Å². The van der Waals surface area contributed by atoms with Crippen molar-refractivity contribution in [3.8, 4) is 11.5 Å². The summed E-state index contributed by atoms with van der Waals surface area (Å²) in [5.74, 6) is 2.33. The van der Waals surface area contributed by atoms with Crippen LogP contribution < -0.4 is 19.7 Å². The Morgan fingerprint density at radius 2 is 1.85 bits per heavy atom. The molecule has 8 heteroatoms. The molecule has 4 rings (SSSR count). The third kappa shape index (κ3) is 3.28. The Labute approximate surface area is 151 Å². The molecule has 136 valence electrons. The van der Waals surface area contributed by atoms with Gasteiger partial charge in [-0.05, 0) is 24.6 Å². The first-order valence-electron chi connectivity index (χ1n) is 8.65. The molecule has 1 saturated heterocycles. The average Bonchev–Trinajstić information content (AvgIpc) is 3.16. The van der Waals surface area contributed by atoms with E-state index in [9.17, 15) is 4.79 Å². The highest BCUT2D eigenvalue weighted by Gasteiger charge is 2.24. The van der Waals surface area contributed by atoms with Crippen molar-refractivity contribution in [2.75, 3.05) is 43.2 Å². The van der Waals surface area contributed by atoms with E-state index in [1.807, 2.05) is 6.07 Å². The first kappa shape index (κ1) is 16.6. The van der Waals surface area contributed by atoms with Crippen LogP contribution in [0.25, 0.3) is 0 Å². The van der Waals surface area contributed by atoms with Crippen molar-refractivity contribution in [3.63, 3.8) is 0 Å². The fourth-order valence-electron chi connectivity index (χ4n) is 3.32. The van der Waals surface area contributed by atoms with Crippen LogP contribution >= 0.6 is 0 Å². The first-order chi connectivity index (χ1) is 12.7. The number of anilines is 2. The Morgan fingerprint density at radius 3 is 2.58 bits per heavy atom. The van der Waals surface area contributed by atoms with Gasteiger partial charge in [-0.2, -0.15) is 0 Å². The maximum absolute atomic E-state index is 10.4. The van der Waals surface area contributed by atoms with Crippen LogP contribution in [0, 0.1) is 0 Å². The smallest absolute Gasteiger partial charge is 0.231 e. The highest BCUT2D eigenvalue weighted by Crippen LogP contribution is 2.35. The lowest BCUT2D eigenvalue weighted by Crippen LogP contribution is -2.47. The number of carbonyl (C=O) groups is 1. The van der Waals surface area contributed by atoms with Crippen molar-refractivity contribution in [1.82, 2.24) is 14.9 Å². The fourth-order valence-corrected chi connectivity index (χ4v) is 3.32. The molecule has 1 fully saturated rings. The van der Waals surface area contributed by atoms with E-state index in [-0.39, 0.29) is 0 Å². The number of hydrogen-bond donors (Lipinski definition) is 1. The summed E-state index contributed by atoms with van der Waals surface area (Å²) in [6.07, 6.45) is 3.87. The Morgan fingerprint density at radius 1 is 1.12 bits per heavy atom.